The van der Waals surface area contributed by atoms with E-state index in [1.165, 1.54) is 0 Å². The van der Waals surface area contributed by atoms with E-state index in [4.69, 9.17) is 4.74 Å². The molecule has 1 aromatic rings. The maximum absolute atomic E-state index is 11.7. The lowest BCUT2D eigenvalue weighted by molar-refractivity contribution is -0.116. The molecule has 0 saturated heterocycles. The number of methoxy groups -OCH3 is 1. The maximum atomic E-state index is 11.7. The lowest BCUT2D eigenvalue weighted by Crippen LogP contribution is -2.26. The Hall–Kier alpha value is -1.03. The molecule has 0 bridgehead atoms. The van der Waals surface area contributed by atoms with Gasteiger partial charge in [0.25, 0.3) is 0 Å². The van der Waals surface area contributed by atoms with E-state index in [1.807, 2.05) is 38.1 Å². The summed E-state index contributed by atoms with van der Waals surface area (Å²) in [5.74, 6) is 1.01. The number of halogens is 1. The number of anilines is 1. The molecule has 1 amide bonds. The first-order valence-corrected chi connectivity index (χ1v) is 6.05. The molecular formula is C12H16BrNO2. The SMILES string of the molecule is COc1ccc(NC(=O)[C@H](Br)C(C)C)cc1. The van der Waals surface area contributed by atoms with Gasteiger partial charge >= 0.3 is 0 Å². The van der Waals surface area contributed by atoms with E-state index >= 15 is 0 Å². The number of hydrogen-bond donors (Lipinski definition) is 1. The second-order valence-electron chi connectivity index (χ2n) is 3.86. The molecule has 1 atom stereocenters. The minimum atomic E-state index is -0.172. The highest BCUT2D eigenvalue weighted by atomic mass is 79.9. The average Bonchev–Trinajstić information content (AvgIpc) is 2.28. The number of hydrogen-bond acceptors (Lipinski definition) is 2. The number of carbonyl (C=O) groups is 1. The topological polar surface area (TPSA) is 38.3 Å². The van der Waals surface area contributed by atoms with Crippen molar-refractivity contribution in [2.45, 2.75) is 18.7 Å². The van der Waals surface area contributed by atoms with Crippen LogP contribution in [0.25, 0.3) is 0 Å². The number of ether oxygens (including phenoxy) is 1. The Morgan fingerprint density at radius 1 is 1.31 bits per heavy atom. The molecule has 0 radical (unpaired) electrons. The zero-order valence-electron chi connectivity index (χ0n) is 9.66. The molecule has 4 heteroatoms. The lowest BCUT2D eigenvalue weighted by Gasteiger charge is -2.13. The minimum Gasteiger partial charge on any atom is -0.497 e. The van der Waals surface area contributed by atoms with Crippen LogP contribution in [-0.4, -0.2) is 17.8 Å². The van der Waals surface area contributed by atoms with Crippen LogP contribution in [0.3, 0.4) is 0 Å². The van der Waals surface area contributed by atoms with Crippen LogP contribution in [0.15, 0.2) is 24.3 Å². The quantitative estimate of drug-likeness (QED) is 0.864. The van der Waals surface area contributed by atoms with Gasteiger partial charge in [-0.25, -0.2) is 0 Å². The lowest BCUT2D eigenvalue weighted by atomic mass is 10.1. The van der Waals surface area contributed by atoms with E-state index in [0.717, 1.165) is 11.4 Å². The van der Waals surface area contributed by atoms with E-state index in [9.17, 15) is 4.79 Å². The van der Waals surface area contributed by atoms with Crippen LogP contribution in [-0.2, 0) is 4.79 Å². The standard InChI is InChI=1S/C12H16BrNO2/c1-8(2)11(13)12(15)14-9-4-6-10(16-3)7-5-9/h4-8,11H,1-3H3,(H,14,15)/t11-/m1/s1. The van der Waals surface area contributed by atoms with Crippen LogP contribution in [0.4, 0.5) is 5.69 Å². The third kappa shape index (κ3) is 3.52. The van der Waals surface area contributed by atoms with Crippen LogP contribution in [0.2, 0.25) is 0 Å². The Morgan fingerprint density at radius 2 is 1.88 bits per heavy atom. The summed E-state index contributed by atoms with van der Waals surface area (Å²) in [7, 11) is 1.61. The first kappa shape index (κ1) is 13.0. The molecule has 16 heavy (non-hydrogen) atoms. The largest absolute Gasteiger partial charge is 0.497 e. The predicted molar refractivity (Wildman–Crippen MR) is 69.2 cm³/mol. The fourth-order valence-corrected chi connectivity index (χ4v) is 1.30. The predicted octanol–water partition coefficient (Wildman–Crippen LogP) is 3.05. The van der Waals surface area contributed by atoms with Crippen LogP contribution in [0.5, 0.6) is 5.75 Å². The van der Waals surface area contributed by atoms with Gasteiger partial charge in [-0.05, 0) is 30.2 Å². The molecule has 0 fully saturated rings. The van der Waals surface area contributed by atoms with Gasteiger partial charge in [0.15, 0.2) is 0 Å². The van der Waals surface area contributed by atoms with Crippen LogP contribution in [0, 0.1) is 5.92 Å². The summed E-state index contributed by atoms with van der Waals surface area (Å²) in [5.41, 5.74) is 0.774. The van der Waals surface area contributed by atoms with Crippen molar-refractivity contribution in [1.82, 2.24) is 0 Å². The van der Waals surface area contributed by atoms with Crippen molar-refractivity contribution in [2.75, 3.05) is 12.4 Å². The molecule has 3 nitrogen and oxygen atoms in total. The molecule has 88 valence electrons. The molecule has 0 aliphatic heterocycles. The first-order valence-electron chi connectivity index (χ1n) is 5.13. The van der Waals surface area contributed by atoms with E-state index in [0.29, 0.717) is 0 Å². The summed E-state index contributed by atoms with van der Waals surface area (Å²) >= 11 is 3.36. The molecular weight excluding hydrogens is 270 g/mol. The molecule has 0 spiro atoms. The Morgan fingerprint density at radius 3 is 2.31 bits per heavy atom. The van der Waals surface area contributed by atoms with E-state index in [-0.39, 0.29) is 16.7 Å². The highest BCUT2D eigenvalue weighted by molar-refractivity contribution is 9.10. The van der Waals surface area contributed by atoms with Gasteiger partial charge in [-0.15, -0.1) is 0 Å². The molecule has 0 saturated carbocycles. The summed E-state index contributed by atoms with van der Waals surface area (Å²) in [6, 6.07) is 7.26. The number of amides is 1. The fourth-order valence-electron chi connectivity index (χ4n) is 1.19. The van der Waals surface area contributed by atoms with Crippen LogP contribution < -0.4 is 10.1 Å². The van der Waals surface area contributed by atoms with Crippen molar-refractivity contribution < 1.29 is 9.53 Å². The third-order valence-electron chi connectivity index (χ3n) is 2.19. The number of nitrogens with one attached hydrogen (secondary N) is 1. The van der Waals surface area contributed by atoms with E-state index < -0.39 is 0 Å². The summed E-state index contributed by atoms with van der Waals surface area (Å²) in [6.07, 6.45) is 0. The first-order chi connectivity index (χ1) is 7.54. The zero-order chi connectivity index (χ0) is 12.1. The fraction of sp³-hybridized carbons (Fsp3) is 0.417. The highest BCUT2D eigenvalue weighted by Crippen LogP contribution is 2.18. The zero-order valence-corrected chi connectivity index (χ0v) is 11.2. The van der Waals surface area contributed by atoms with Crippen molar-refractivity contribution in [3.63, 3.8) is 0 Å². The second-order valence-corrected chi connectivity index (χ2v) is 4.85. The van der Waals surface area contributed by atoms with Crippen molar-refractivity contribution in [3.8, 4) is 5.75 Å². The van der Waals surface area contributed by atoms with Gasteiger partial charge in [-0.2, -0.15) is 0 Å². The van der Waals surface area contributed by atoms with Crippen molar-refractivity contribution in [1.29, 1.82) is 0 Å². The minimum absolute atomic E-state index is 0.0276. The number of rotatable bonds is 4. The molecule has 1 N–H and O–H groups in total. The smallest absolute Gasteiger partial charge is 0.238 e. The monoisotopic (exact) mass is 285 g/mol. The molecule has 0 aromatic heterocycles. The number of carbonyl (C=O) groups excluding carboxylic acids is 1. The summed E-state index contributed by atoms with van der Waals surface area (Å²) < 4.78 is 5.04. The van der Waals surface area contributed by atoms with Gasteiger partial charge in [0, 0.05) is 5.69 Å². The molecule has 0 aliphatic carbocycles. The molecule has 1 rings (SSSR count). The van der Waals surface area contributed by atoms with E-state index in [1.54, 1.807) is 7.11 Å². The van der Waals surface area contributed by atoms with Crippen molar-refractivity contribution in [3.05, 3.63) is 24.3 Å². The summed E-state index contributed by atoms with van der Waals surface area (Å²) in [6.45, 7) is 3.99. The van der Waals surface area contributed by atoms with Crippen LogP contribution in [0.1, 0.15) is 13.8 Å². The Kier molecular flexibility index (Phi) is 4.80. The van der Waals surface area contributed by atoms with Gasteiger partial charge in [0.2, 0.25) is 5.91 Å². The average molecular weight is 286 g/mol. The summed E-state index contributed by atoms with van der Waals surface area (Å²) in [5, 5.41) is 2.83. The Bertz CT molecular complexity index is 349. The Labute approximate surface area is 104 Å². The van der Waals surface area contributed by atoms with Crippen molar-refractivity contribution in [2.24, 2.45) is 5.92 Å². The van der Waals surface area contributed by atoms with Crippen molar-refractivity contribution >= 4 is 27.5 Å². The van der Waals surface area contributed by atoms with Crippen LogP contribution >= 0.6 is 15.9 Å². The molecule has 0 aliphatic rings. The molecule has 0 heterocycles. The molecule has 0 unspecified atom stereocenters. The maximum Gasteiger partial charge on any atom is 0.238 e. The molecule has 1 aromatic carbocycles. The third-order valence-corrected chi connectivity index (χ3v) is 3.67. The van der Waals surface area contributed by atoms with Gasteiger partial charge in [-0.3, -0.25) is 4.79 Å². The Balaban J connectivity index is 2.62. The number of benzene rings is 1. The highest BCUT2D eigenvalue weighted by Gasteiger charge is 2.18. The van der Waals surface area contributed by atoms with Gasteiger partial charge in [-0.1, -0.05) is 29.8 Å². The van der Waals surface area contributed by atoms with Gasteiger partial charge < -0.3 is 10.1 Å². The normalized spacial score (nSPS) is 12.3. The second kappa shape index (κ2) is 5.89. The van der Waals surface area contributed by atoms with Gasteiger partial charge in [0.05, 0.1) is 11.9 Å². The summed E-state index contributed by atoms with van der Waals surface area (Å²) in [4.78, 5) is 11.5. The van der Waals surface area contributed by atoms with E-state index in [2.05, 4.69) is 21.2 Å². The van der Waals surface area contributed by atoms with Gasteiger partial charge in [0.1, 0.15) is 5.75 Å². The number of alkyl halides is 1.